The smallest absolute Gasteiger partial charge is 0.131 e. The molecule has 1 aromatic carbocycles. The maximum Gasteiger partial charge on any atom is 0.131 e. The fourth-order valence-electron chi connectivity index (χ4n) is 1.54. The maximum absolute atomic E-state index is 13.7. The number of hydrogen-bond acceptors (Lipinski definition) is 4. The van der Waals surface area contributed by atoms with Crippen molar-refractivity contribution in [1.82, 2.24) is 15.0 Å². The van der Waals surface area contributed by atoms with Crippen LogP contribution in [0.4, 0.5) is 4.39 Å². The monoisotopic (exact) mass is 251 g/mol. The summed E-state index contributed by atoms with van der Waals surface area (Å²) in [4.78, 5) is 0. The van der Waals surface area contributed by atoms with Crippen LogP contribution >= 0.6 is 0 Å². The Morgan fingerprint density at radius 3 is 2.83 bits per heavy atom. The molecule has 0 radical (unpaired) electrons. The van der Waals surface area contributed by atoms with Gasteiger partial charge in [-0.3, -0.25) is 0 Å². The van der Waals surface area contributed by atoms with Crippen LogP contribution in [0.5, 0.6) is 5.75 Å². The van der Waals surface area contributed by atoms with Crippen LogP contribution in [0.3, 0.4) is 0 Å². The van der Waals surface area contributed by atoms with E-state index in [0.717, 1.165) is 0 Å². The third kappa shape index (κ3) is 2.65. The fraction of sp³-hybridized carbons (Fsp3) is 0.333. The van der Waals surface area contributed by atoms with E-state index < -0.39 is 6.10 Å². The Labute approximate surface area is 104 Å². The third-order valence-electron chi connectivity index (χ3n) is 2.58. The van der Waals surface area contributed by atoms with Crippen molar-refractivity contribution in [3.8, 4) is 5.75 Å². The molecule has 0 fully saturated rings. The average Bonchev–Trinajstić information content (AvgIpc) is 2.80. The van der Waals surface area contributed by atoms with E-state index in [4.69, 9.17) is 4.74 Å². The van der Waals surface area contributed by atoms with Gasteiger partial charge in [0.05, 0.1) is 26.0 Å². The van der Waals surface area contributed by atoms with Crippen molar-refractivity contribution < 1.29 is 14.2 Å². The summed E-state index contributed by atoms with van der Waals surface area (Å²) in [5, 5.41) is 16.9. The number of methoxy groups -OCH3 is 1. The lowest BCUT2D eigenvalue weighted by atomic mass is 10.2. The molecule has 96 valence electrons. The summed E-state index contributed by atoms with van der Waals surface area (Å²) in [6, 6.07) is 4.64. The summed E-state index contributed by atoms with van der Waals surface area (Å²) in [5.74, 6) is 0.114. The fourth-order valence-corrected chi connectivity index (χ4v) is 1.54. The zero-order valence-electron chi connectivity index (χ0n) is 10.2. The number of benzene rings is 1. The van der Waals surface area contributed by atoms with E-state index in [1.165, 1.54) is 17.9 Å². The van der Waals surface area contributed by atoms with Crippen LogP contribution in [0.25, 0.3) is 0 Å². The summed E-state index contributed by atoms with van der Waals surface area (Å²) in [7, 11) is 1.49. The highest BCUT2D eigenvalue weighted by atomic mass is 19.1. The molecule has 0 bridgehead atoms. The lowest BCUT2D eigenvalue weighted by Crippen LogP contribution is -2.03. The van der Waals surface area contributed by atoms with Crippen molar-refractivity contribution >= 4 is 0 Å². The second-order valence-electron chi connectivity index (χ2n) is 3.97. The normalized spacial score (nSPS) is 12.4. The molecule has 0 aliphatic rings. The maximum atomic E-state index is 13.7. The topological polar surface area (TPSA) is 60.2 Å². The molecule has 0 saturated heterocycles. The first-order valence-electron chi connectivity index (χ1n) is 5.50. The van der Waals surface area contributed by atoms with Crippen LogP contribution in [0.1, 0.15) is 24.3 Å². The molecular formula is C12H14FN3O2. The van der Waals surface area contributed by atoms with E-state index in [-0.39, 0.29) is 12.4 Å². The van der Waals surface area contributed by atoms with Crippen LogP contribution in [0.2, 0.25) is 0 Å². The molecule has 6 heteroatoms. The van der Waals surface area contributed by atoms with Gasteiger partial charge >= 0.3 is 0 Å². The Morgan fingerprint density at radius 1 is 1.50 bits per heavy atom. The molecule has 0 spiro atoms. The highest BCUT2D eigenvalue weighted by molar-refractivity contribution is 5.29. The Hall–Kier alpha value is -1.95. The van der Waals surface area contributed by atoms with Crippen molar-refractivity contribution in [2.24, 2.45) is 0 Å². The van der Waals surface area contributed by atoms with Gasteiger partial charge in [0, 0.05) is 11.6 Å². The lowest BCUT2D eigenvalue weighted by molar-refractivity contribution is 0.194. The molecular weight excluding hydrogens is 237 g/mol. The molecule has 1 N–H and O–H groups in total. The molecule has 1 unspecified atom stereocenters. The molecule has 0 aliphatic carbocycles. The van der Waals surface area contributed by atoms with Gasteiger partial charge in [-0.05, 0) is 13.0 Å². The van der Waals surface area contributed by atoms with Gasteiger partial charge in [0.25, 0.3) is 0 Å². The van der Waals surface area contributed by atoms with Gasteiger partial charge in [-0.1, -0.05) is 11.3 Å². The van der Waals surface area contributed by atoms with E-state index in [1.54, 1.807) is 25.3 Å². The summed E-state index contributed by atoms with van der Waals surface area (Å²) in [6.45, 7) is 1.86. The third-order valence-corrected chi connectivity index (χ3v) is 2.58. The molecule has 1 aromatic heterocycles. The first-order valence-corrected chi connectivity index (χ1v) is 5.50. The van der Waals surface area contributed by atoms with Crippen molar-refractivity contribution in [3.05, 3.63) is 41.5 Å². The van der Waals surface area contributed by atoms with Gasteiger partial charge in [0.15, 0.2) is 0 Å². The van der Waals surface area contributed by atoms with Crippen LogP contribution in [-0.4, -0.2) is 27.2 Å². The van der Waals surface area contributed by atoms with Crippen LogP contribution in [0, 0.1) is 5.82 Å². The number of aromatic nitrogens is 3. The van der Waals surface area contributed by atoms with Crippen LogP contribution in [0.15, 0.2) is 24.4 Å². The van der Waals surface area contributed by atoms with Gasteiger partial charge in [-0.2, -0.15) is 0 Å². The van der Waals surface area contributed by atoms with Gasteiger partial charge in [-0.15, -0.1) is 5.10 Å². The van der Waals surface area contributed by atoms with Crippen LogP contribution < -0.4 is 4.74 Å². The Bertz CT molecular complexity index is 540. The van der Waals surface area contributed by atoms with Crippen molar-refractivity contribution in [1.29, 1.82) is 0 Å². The predicted molar refractivity (Wildman–Crippen MR) is 62.7 cm³/mol. The molecule has 0 aliphatic heterocycles. The molecule has 2 rings (SSSR count). The predicted octanol–water partition coefficient (Wildman–Crippen LogP) is 1.53. The lowest BCUT2D eigenvalue weighted by Gasteiger charge is -2.05. The van der Waals surface area contributed by atoms with Gasteiger partial charge < -0.3 is 9.84 Å². The Kier molecular flexibility index (Phi) is 3.57. The van der Waals surface area contributed by atoms with Gasteiger partial charge in [0.2, 0.25) is 0 Å². The first kappa shape index (κ1) is 12.5. The summed E-state index contributed by atoms with van der Waals surface area (Å²) >= 11 is 0. The summed E-state index contributed by atoms with van der Waals surface area (Å²) in [6.07, 6.45) is 0.911. The summed E-state index contributed by atoms with van der Waals surface area (Å²) in [5.41, 5.74) is 0.946. The Balaban J connectivity index is 2.17. The average molecular weight is 251 g/mol. The molecule has 5 nitrogen and oxygen atoms in total. The second kappa shape index (κ2) is 5.14. The summed E-state index contributed by atoms with van der Waals surface area (Å²) < 4.78 is 20.1. The molecule has 18 heavy (non-hydrogen) atoms. The highest BCUT2D eigenvalue weighted by Gasteiger charge is 2.09. The van der Waals surface area contributed by atoms with E-state index in [9.17, 15) is 9.50 Å². The van der Waals surface area contributed by atoms with E-state index >= 15 is 0 Å². The minimum absolute atomic E-state index is 0.259. The molecule has 0 amide bonds. The highest BCUT2D eigenvalue weighted by Crippen LogP contribution is 2.17. The minimum atomic E-state index is -0.681. The molecule has 1 atom stereocenters. The van der Waals surface area contributed by atoms with Crippen molar-refractivity contribution in [2.75, 3.05) is 7.11 Å². The number of aliphatic hydroxyl groups is 1. The number of aliphatic hydroxyl groups excluding tert-OH is 1. The zero-order chi connectivity index (χ0) is 13.1. The SMILES string of the molecule is COc1ccc(Cn2cc(C(C)O)nn2)c(F)c1. The number of nitrogens with zero attached hydrogens (tertiary/aromatic N) is 3. The van der Waals surface area contributed by atoms with Crippen molar-refractivity contribution in [2.45, 2.75) is 19.6 Å². The standard InChI is InChI=1S/C12H14FN3O2/c1-8(17)12-7-16(15-14-12)6-9-3-4-10(18-2)5-11(9)13/h3-5,7-8,17H,6H2,1-2H3. The van der Waals surface area contributed by atoms with Gasteiger partial charge in [-0.25, -0.2) is 9.07 Å². The molecule has 0 saturated carbocycles. The molecule has 2 aromatic rings. The number of ether oxygens (including phenoxy) is 1. The van der Waals surface area contributed by atoms with E-state index in [2.05, 4.69) is 10.3 Å². The number of halogens is 1. The minimum Gasteiger partial charge on any atom is -0.497 e. The molecule has 1 heterocycles. The Morgan fingerprint density at radius 2 is 2.28 bits per heavy atom. The quantitative estimate of drug-likeness (QED) is 0.895. The van der Waals surface area contributed by atoms with E-state index in [1.807, 2.05) is 0 Å². The van der Waals surface area contributed by atoms with E-state index in [0.29, 0.717) is 17.0 Å². The second-order valence-corrected chi connectivity index (χ2v) is 3.97. The van der Waals surface area contributed by atoms with Crippen molar-refractivity contribution in [3.63, 3.8) is 0 Å². The zero-order valence-corrected chi connectivity index (χ0v) is 10.2. The van der Waals surface area contributed by atoms with Gasteiger partial charge in [0.1, 0.15) is 17.3 Å². The van der Waals surface area contributed by atoms with Crippen LogP contribution in [-0.2, 0) is 6.54 Å². The number of rotatable bonds is 4. The first-order chi connectivity index (χ1) is 8.60. The largest absolute Gasteiger partial charge is 0.497 e. The number of hydrogen-bond donors (Lipinski definition) is 1.